The highest BCUT2D eigenvalue weighted by molar-refractivity contribution is 5.76. The van der Waals surface area contributed by atoms with E-state index < -0.39 is 22.8 Å². The van der Waals surface area contributed by atoms with E-state index in [4.69, 9.17) is 14.2 Å². The summed E-state index contributed by atoms with van der Waals surface area (Å²) in [7, 11) is 0. The zero-order valence-corrected chi connectivity index (χ0v) is 26.4. The average molecular weight is 557 g/mol. The van der Waals surface area contributed by atoms with Crippen molar-refractivity contribution in [3.05, 3.63) is 0 Å². The predicted molar refractivity (Wildman–Crippen MR) is 154 cm³/mol. The molecular formula is C29H56N4O6. The summed E-state index contributed by atoms with van der Waals surface area (Å²) < 4.78 is 16.9. The Morgan fingerprint density at radius 2 is 1.08 bits per heavy atom. The number of hydrogen-bond donors (Lipinski definition) is 1. The smallest absolute Gasteiger partial charge is 0.323 e. The number of carbonyl (C=O) groups is 3. The molecule has 0 aromatic carbocycles. The minimum atomic E-state index is -0.591. The monoisotopic (exact) mass is 556 g/mol. The van der Waals surface area contributed by atoms with Gasteiger partial charge in [-0.15, -0.1) is 0 Å². The van der Waals surface area contributed by atoms with Gasteiger partial charge in [0.2, 0.25) is 0 Å². The van der Waals surface area contributed by atoms with Crippen molar-refractivity contribution >= 4 is 17.9 Å². The van der Waals surface area contributed by atoms with Gasteiger partial charge in [-0.1, -0.05) is 13.3 Å². The lowest BCUT2D eigenvalue weighted by molar-refractivity contribution is -0.163. The molecule has 228 valence electrons. The SMILES string of the molecule is CCCC(C(=O)OC(C)(C)C)N1CCN(CC(=O)OC(C)(C)C)CCNCCN(CC(=O)OC(C)(C)C)CC1. The fourth-order valence-corrected chi connectivity index (χ4v) is 4.31. The first-order valence-electron chi connectivity index (χ1n) is 14.4. The van der Waals surface area contributed by atoms with E-state index in [1.807, 2.05) is 62.3 Å². The summed E-state index contributed by atoms with van der Waals surface area (Å²) in [5.74, 6) is -0.764. The Morgan fingerprint density at radius 1 is 0.667 bits per heavy atom. The molecule has 10 nitrogen and oxygen atoms in total. The molecule has 0 aromatic heterocycles. The molecule has 1 saturated heterocycles. The largest absolute Gasteiger partial charge is 0.459 e. The van der Waals surface area contributed by atoms with Crippen LogP contribution in [0.25, 0.3) is 0 Å². The van der Waals surface area contributed by atoms with Crippen molar-refractivity contribution in [2.45, 2.75) is 105 Å². The maximum Gasteiger partial charge on any atom is 0.323 e. The van der Waals surface area contributed by atoms with Crippen LogP contribution in [0.5, 0.6) is 0 Å². The molecular weight excluding hydrogens is 500 g/mol. The molecule has 39 heavy (non-hydrogen) atoms. The van der Waals surface area contributed by atoms with Crippen molar-refractivity contribution in [1.29, 1.82) is 0 Å². The maximum atomic E-state index is 13.3. The van der Waals surface area contributed by atoms with Gasteiger partial charge in [0.25, 0.3) is 0 Å². The summed E-state index contributed by atoms with van der Waals surface area (Å²) in [6.07, 6.45) is 1.49. The molecule has 1 atom stereocenters. The van der Waals surface area contributed by atoms with Crippen molar-refractivity contribution in [1.82, 2.24) is 20.0 Å². The lowest BCUT2D eigenvalue weighted by Gasteiger charge is -2.36. The van der Waals surface area contributed by atoms with Gasteiger partial charge in [-0.05, 0) is 68.7 Å². The van der Waals surface area contributed by atoms with Crippen LogP contribution in [0.2, 0.25) is 0 Å². The van der Waals surface area contributed by atoms with E-state index in [1.54, 1.807) is 0 Å². The van der Waals surface area contributed by atoms with Gasteiger partial charge in [-0.3, -0.25) is 29.1 Å². The minimum Gasteiger partial charge on any atom is -0.459 e. The Kier molecular flexibility index (Phi) is 14.4. The van der Waals surface area contributed by atoms with Gasteiger partial charge in [0.15, 0.2) is 0 Å². The van der Waals surface area contributed by atoms with E-state index in [-0.39, 0.29) is 31.0 Å². The molecule has 0 aromatic rings. The molecule has 0 aliphatic carbocycles. The first kappa shape index (κ1) is 35.3. The topological polar surface area (TPSA) is 101 Å². The van der Waals surface area contributed by atoms with Crippen molar-refractivity contribution < 1.29 is 28.6 Å². The van der Waals surface area contributed by atoms with E-state index in [0.717, 1.165) is 6.42 Å². The van der Waals surface area contributed by atoms with Gasteiger partial charge < -0.3 is 19.5 Å². The second kappa shape index (κ2) is 15.9. The molecule has 1 fully saturated rings. The van der Waals surface area contributed by atoms with Crippen LogP contribution in [-0.4, -0.2) is 121 Å². The number of ether oxygens (including phenoxy) is 3. The Hall–Kier alpha value is -1.75. The first-order valence-corrected chi connectivity index (χ1v) is 14.4. The molecule has 0 saturated carbocycles. The summed E-state index contributed by atoms with van der Waals surface area (Å²) in [5.41, 5.74) is -1.68. The Balaban J connectivity index is 3.13. The molecule has 0 bridgehead atoms. The van der Waals surface area contributed by atoms with Crippen LogP contribution in [0.4, 0.5) is 0 Å². The normalized spacial score (nSPS) is 18.9. The van der Waals surface area contributed by atoms with E-state index in [2.05, 4.69) is 26.9 Å². The fraction of sp³-hybridized carbons (Fsp3) is 0.897. The fourth-order valence-electron chi connectivity index (χ4n) is 4.31. The molecule has 1 heterocycles. The molecule has 1 aliphatic rings. The van der Waals surface area contributed by atoms with Gasteiger partial charge >= 0.3 is 17.9 Å². The molecule has 1 unspecified atom stereocenters. The van der Waals surface area contributed by atoms with Crippen molar-refractivity contribution in [3.8, 4) is 0 Å². The lowest BCUT2D eigenvalue weighted by Crippen LogP contribution is -2.52. The van der Waals surface area contributed by atoms with E-state index in [1.165, 1.54) is 0 Å². The maximum absolute atomic E-state index is 13.3. The standard InChI is InChI=1S/C29H56N4O6/c1-11-12-23(26(36)39-29(8,9)10)33-19-17-31(21-24(34)37-27(2,3)4)15-13-30-14-16-32(18-20-33)22-25(35)38-28(5,6)7/h23,30H,11-22H2,1-10H3. The summed E-state index contributed by atoms with van der Waals surface area (Å²) >= 11 is 0. The molecule has 0 spiro atoms. The summed E-state index contributed by atoms with van der Waals surface area (Å²) in [5, 5.41) is 3.43. The van der Waals surface area contributed by atoms with Crippen molar-refractivity contribution in [2.24, 2.45) is 0 Å². The van der Waals surface area contributed by atoms with Gasteiger partial charge in [-0.25, -0.2) is 0 Å². The van der Waals surface area contributed by atoms with Crippen molar-refractivity contribution in [2.75, 3.05) is 65.4 Å². The van der Waals surface area contributed by atoms with Crippen LogP contribution < -0.4 is 5.32 Å². The number of nitrogens with zero attached hydrogens (tertiary/aromatic N) is 3. The summed E-state index contributed by atoms with van der Waals surface area (Å²) in [6, 6.07) is -0.415. The molecule has 1 aliphatic heterocycles. The number of carbonyl (C=O) groups excluding carboxylic acids is 3. The zero-order chi connectivity index (χ0) is 29.9. The van der Waals surface area contributed by atoms with Gasteiger partial charge in [-0.2, -0.15) is 0 Å². The van der Waals surface area contributed by atoms with Crippen LogP contribution in [-0.2, 0) is 28.6 Å². The van der Waals surface area contributed by atoms with Gasteiger partial charge in [0.05, 0.1) is 13.1 Å². The van der Waals surface area contributed by atoms with Crippen LogP contribution in [0.3, 0.4) is 0 Å². The van der Waals surface area contributed by atoms with Gasteiger partial charge in [0.1, 0.15) is 22.8 Å². The molecule has 10 heteroatoms. The van der Waals surface area contributed by atoms with Crippen LogP contribution in [0, 0.1) is 0 Å². The number of rotatable bonds is 8. The Bertz CT molecular complexity index is 725. The molecule has 1 rings (SSSR count). The third-order valence-electron chi connectivity index (χ3n) is 5.84. The van der Waals surface area contributed by atoms with Crippen LogP contribution in [0.1, 0.15) is 82.1 Å². The Labute approximate surface area is 237 Å². The first-order chi connectivity index (χ1) is 17.9. The van der Waals surface area contributed by atoms with Crippen molar-refractivity contribution in [3.63, 3.8) is 0 Å². The van der Waals surface area contributed by atoms with Crippen LogP contribution in [0.15, 0.2) is 0 Å². The lowest BCUT2D eigenvalue weighted by atomic mass is 10.1. The number of esters is 3. The predicted octanol–water partition coefficient (Wildman–Crippen LogP) is 2.69. The number of hydrogen-bond acceptors (Lipinski definition) is 10. The van der Waals surface area contributed by atoms with Gasteiger partial charge in [0, 0.05) is 52.4 Å². The minimum absolute atomic E-state index is 0.183. The van der Waals surface area contributed by atoms with E-state index >= 15 is 0 Å². The second-order valence-corrected chi connectivity index (χ2v) is 13.3. The molecule has 1 N–H and O–H groups in total. The second-order valence-electron chi connectivity index (χ2n) is 13.3. The highest BCUT2D eigenvalue weighted by Gasteiger charge is 2.31. The molecule has 0 amide bonds. The van der Waals surface area contributed by atoms with E-state index in [9.17, 15) is 14.4 Å². The average Bonchev–Trinajstić information content (AvgIpc) is 2.72. The number of nitrogens with one attached hydrogen (secondary N) is 1. The summed E-state index contributed by atoms with van der Waals surface area (Å²) in [4.78, 5) is 44.8. The third-order valence-corrected chi connectivity index (χ3v) is 5.84. The molecule has 0 radical (unpaired) electrons. The Morgan fingerprint density at radius 3 is 1.44 bits per heavy atom. The zero-order valence-electron chi connectivity index (χ0n) is 26.4. The van der Waals surface area contributed by atoms with E-state index in [0.29, 0.717) is 58.8 Å². The quantitative estimate of drug-likeness (QED) is 0.355. The highest BCUT2D eigenvalue weighted by Crippen LogP contribution is 2.16. The third kappa shape index (κ3) is 16.8. The summed E-state index contributed by atoms with van der Waals surface area (Å²) in [6.45, 7) is 24.3. The highest BCUT2D eigenvalue weighted by atomic mass is 16.6. The van der Waals surface area contributed by atoms with Crippen LogP contribution >= 0.6 is 0 Å².